The van der Waals surface area contributed by atoms with E-state index in [0.29, 0.717) is 0 Å². The highest BCUT2D eigenvalue weighted by Gasteiger charge is 2.38. The van der Waals surface area contributed by atoms with Crippen LogP contribution in [0.5, 0.6) is 0 Å². The lowest BCUT2D eigenvalue weighted by Gasteiger charge is -2.39. The van der Waals surface area contributed by atoms with Gasteiger partial charge in [-0.2, -0.15) is 4.31 Å². The molecule has 3 amide bonds. The van der Waals surface area contributed by atoms with Crippen LogP contribution in [-0.2, 0) is 30.8 Å². The Morgan fingerprint density at radius 3 is 2.60 bits per heavy atom. The van der Waals surface area contributed by atoms with Crippen LogP contribution < -0.4 is 11.1 Å². The Bertz CT molecular complexity index is 1080. The number of hydrogen-bond acceptors (Lipinski definition) is 5. The zero-order chi connectivity index (χ0) is 22.1. The predicted octanol–water partition coefficient (Wildman–Crippen LogP) is -0.827. The van der Waals surface area contributed by atoms with Crippen molar-refractivity contribution in [2.45, 2.75) is 25.4 Å². The summed E-state index contributed by atoms with van der Waals surface area (Å²) in [6.45, 7) is 1.33. The highest BCUT2D eigenvalue weighted by molar-refractivity contribution is 7.88. The van der Waals surface area contributed by atoms with Crippen molar-refractivity contribution in [2.24, 2.45) is 5.73 Å². The molecule has 2 heterocycles. The maximum Gasteiger partial charge on any atom is 0.244 e. The SMILES string of the molecule is CC(=O)N1CCN(S(C)(=O)=O)C[C@@H]1C(=O)N[C@H](Cc1c[nH]c2ccccc12)C(N)=O. The van der Waals surface area contributed by atoms with E-state index >= 15 is 0 Å². The summed E-state index contributed by atoms with van der Waals surface area (Å²) >= 11 is 0. The molecule has 1 aromatic heterocycles. The van der Waals surface area contributed by atoms with Gasteiger partial charge < -0.3 is 20.9 Å². The van der Waals surface area contributed by atoms with Gasteiger partial charge >= 0.3 is 0 Å². The highest BCUT2D eigenvalue weighted by Crippen LogP contribution is 2.19. The number of hydrogen-bond donors (Lipinski definition) is 3. The first-order valence-corrected chi connectivity index (χ1v) is 11.3. The fraction of sp³-hybridized carbons (Fsp3) is 0.421. The maximum absolute atomic E-state index is 13.0. The summed E-state index contributed by atoms with van der Waals surface area (Å²) in [5.41, 5.74) is 7.21. The molecule has 1 aromatic carbocycles. The number of rotatable bonds is 6. The van der Waals surface area contributed by atoms with Crippen LogP contribution in [0.25, 0.3) is 10.9 Å². The molecule has 1 fully saturated rings. The fourth-order valence-electron chi connectivity index (χ4n) is 3.67. The number of carbonyl (C=O) groups is 3. The van der Waals surface area contributed by atoms with Crippen molar-refractivity contribution in [3.63, 3.8) is 0 Å². The van der Waals surface area contributed by atoms with Crippen LogP contribution in [0.4, 0.5) is 0 Å². The third kappa shape index (κ3) is 4.62. The molecule has 1 aliphatic rings. The number of primary amides is 1. The Balaban J connectivity index is 1.80. The van der Waals surface area contributed by atoms with Crippen molar-refractivity contribution >= 4 is 38.6 Å². The van der Waals surface area contributed by atoms with Gasteiger partial charge in [0.2, 0.25) is 27.7 Å². The Morgan fingerprint density at radius 2 is 1.97 bits per heavy atom. The van der Waals surface area contributed by atoms with Crippen molar-refractivity contribution in [1.29, 1.82) is 0 Å². The Labute approximate surface area is 174 Å². The van der Waals surface area contributed by atoms with Gasteiger partial charge in [0.15, 0.2) is 0 Å². The van der Waals surface area contributed by atoms with Crippen LogP contribution in [0, 0.1) is 0 Å². The predicted molar refractivity (Wildman–Crippen MR) is 111 cm³/mol. The summed E-state index contributed by atoms with van der Waals surface area (Å²) in [6.07, 6.45) is 2.96. The van der Waals surface area contributed by atoms with Crippen molar-refractivity contribution in [3.05, 3.63) is 36.0 Å². The molecule has 1 aliphatic heterocycles. The van der Waals surface area contributed by atoms with Gasteiger partial charge in [-0.05, 0) is 11.6 Å². The molecule has 0 bridgehead atoms. The number of H-pyrrole nitrogens is 1. The summed E-state index contributed by atoms with van der Waals surface area (Å²) in [7, 11) is -3.53. The minimum absolute atomic E-state index is 0.0875. The minimum atomic E-state index is -3.53. The fourth-order valence-corrected chi connectivity index (χ4v) is 4.50. The molecule has 0 aliphatic carbocycles. The van der Waals surface area contributed by atoms with Crippen LogP contribution in [0.3, 0.4) is 0 Å². The van der Waals surface area contributed by atoms with Gasteiger partial charge in [0.05, 0.1) is 6.26 Å². The summed E-state index contributed by atoms with van der Waals surface area (Å²) in [5.74, 6) is -1.70. The van der Waals surface area contributed by atoms with E-state index in [0.717, 1.165) is 27.0 Å². The van der Waals surface area contributed by atoms with Gasteiger partial charge in [-0.3, -0.25) is 14.4 Å². The molecular weight excluding hydrogens is 410 g/mol. The second kappa shape index (κ2) is 8.44. The number of carbonyl (C=O) groups excluding carboxylic acids is 3. The summed E-state index contributed by atoms with van der Waals surface area (Å²) in [4.78, 5) is 41.4. The molecule has 0 radical (unpaired) electrons. The number of sulfonamides is 1. The number of nitrogens with one attached hydrogen (secondary N) is 2. The third-order valence-electron chi connectivity index (χ3n) is 5.28. The van der Waals surface area contributed by atoms with Gasteiger partial charge in [0, 0.05) is 50.1 Å². The Kier molecular flexibility index (Phi) is 6.13. The van der Waals surface area contributed by atoms with Crippen molar-refractivity contribution < 1.29 is 22.8 Å². The number of fused-ring (bicyclic) bond motifs is 1. The van der Waals surface area contributed by atoms with Crippen LogP contribution in [0.2, 0.25) is 0 Å². The summed E-state index contributed by atoms with van der Waals surface area (Å²) in [5, 5.41) is 3.51. The first-order chi connectivity index (χ1) is 14.1. The smallest absolute Gasteiger partial charge is 0.244 e. The largest absolute Gasteiger partial charge is 0.368 e. The zero-order valence-corrected chi connectivity index (χ0v) is 17.6. The van der Waals surface area contributed by atoms with Gasteiger partial charge in [0.1, 0.15) is 12.1 Å². The molecule has 0 spiro atoms. The summed E-state index contributed by atoms with van der Waals surface area (Å²) in [6, 6.07) is 5.47. The topological polar surface area (TPSA) is 146 Å². The van der Waals surface area contributed by atoms with Gasteiger partial charge in [-0.25, -0.2) is 8.42 Å². The van der Waals surface area contributed by atoms with E-state index in [1.54, 1.807) is 6.20 Å². The van der Waals surface area contributed by atoms with Crippen LogP contribution in [-0.4, -0.2) is 78.3 Å². The van der Waals surface area contributed by atoms with Crippen LogP contribution in [0.15, 0.2) is 30.5 Å². The molecule has 162 valence electrons. The van der Waals surface area contributed by atoms with Gasteiger partial charge in [-0.1, -0.05) is 18.2 Å². The average molecular weight is 436 g/mol. The molecule has 10 nitrogen and oxygen atoms in total. The molecule has 2 aromatic rings. The van der Waals surface area contributed by atoms with Crippen LogP contribution >= 0.6 is 0 Å². The first kappa shape index (κ1) is 21.8. The van der Waals surface area contributed by atoms with E-state index in [9.17, 15) is 22.8 Å². The minimum Gasteiger partial charge on any atom is -0.368 e. The molecular formula is C19H25N5O5S. The second-order valence-electron chi connectivity index (χ2n) is 7.38. The molecule has 30 heavy (non-hydrogen) atoms. The van der Waals surface area contributed by atoms with E-state index in [2.05, 4.69) is 10.3 Å². The molecule has 11 heteroatoms. The lowest BCUT2D eigenvalue weighted by Crippen LogP contribution is -2.62. The monoisotopic (exact) mass is 435 g/mol. The summed E-state index contributed by atoms with van der Waals surface area (Å²) < 4.78 is 25.0. The number of benzene rings is 1. The number of aromatic nitrogens is 1. The van der Waals surface area contributed by atoms with Gasteiger partial charge in [0.25, 0.3) is 0 Å². The normalized spacial score (nSPS) is 18.9. The van der Waals surface area contributed by atoms with Crippen molar-refractivity contribution in [2.75, 3.05) is 25.9 Å². The maximum atomic E-state index is 13.0. The van der Waals surface area contributed by atoms with E-state index in [1.165, 1.54) is 11.8 Å². The molecule has 3 rings (SSSR count). The lowest BCUT2D eigenvalue weighted by molar-refractivity contribution is -0.142. The number of aromatic amines is 1. The van der Waals surface area contributed by atoms with Crippen molar-refractivity contribution in [3.8, 4) is 0 Å². The third-order valence-corrected chi connectivity index (χ3v) is 6.55. The quantitative estimate of drug-likeness (QED) is 0.542. The van der Waals surface area contributed by atoms with E-state index in [1.807, 2.05) is 24.3 Å². The molecule has 0 unspecified atom stereocenters. The molecule has 0 saturated carbocycles. The van der Waals surface area contributed by atoms with Crippen LogP contribution in [0.1, 0.15) is 12.5 Å². The molecule has 4 N–H and O–H groups in total. The Morgan fingerprint density at radius 1 is 1.27 bits per heavy atom. The number of nitrogens with zero attached hydrogens (tertiary/aromatic N) is 2. The number of amides is 3. The first-order valence-electron chi connectivity index (χ1n) is 9.45. The van der Waals surface area contributed by atoms with Gasteiger partial charge in [-0.15, -0.1) is 0 Å². The molecule has 2 atom stereocenters. The number of piperazine rings is 1. The van der Waals surface area contributed by atoms with E-state index < -0.39 is 33.9 Å². The van der Waals surface area contributed by atoms with Crippen molar-refractivity contribution in [1.82, 2.24) is 19.5 Å². The highest BCUT2D eigenvalue weighted by atomic mass is 32.2. The number of para-hydroxylation sites is 1. The van der Waals surface area contributed by atoms with E-state index in [4.69, 9.17) is 5.73 Å². The Hall–Kier alpha value is -2.92. The lowest BCUT2D eigenvalue weighted by atomic mass is 10.0. The molecule has 1 saturated heterocycles. The average Bonchev–Trinajstić information content (AvgIpc) is 3.09. The zero-order valence-electron chi connectivity index (χ0n) is 16.8. The second-order valence-corrected chi connectivity index (χ2v) is 9.36. The standard InChI is InChI=1S/C19H25N5O5S/c1-12(25)24-8-7-23(30(2,28)29)11-17(24)19(27)22-16(18(20)26)9-13-10-21-15-6-4-3-5-14(13)15/h3-6,10,16-17,21H,7-9,11H2,1-2H3,(H2,20,26)(H,22,27)/t16-,17-/m1/s1. The number of nitrogens with two attached hydrogens (primary N) is 1. The van der Waals surface area contributed by atoms with E-state index in [-0.39, 0.29) is 32.0 Å².